The summed E-state index contributed by atoms with van der Waals surface area (Å²) in [5.41, 5.74) is -0.513. The van der Waals surface area contributed by atoms with Crippen LogP contribution in [0.1, 0.15) is 34.6 Å². The summed E-state index contributed by atoms with van der Waals surface area (Å²) in [6, 6.07) is -0.132. The summed E-state index contributed by atoms with van der Waals surface area (Å²) in [5.74, 6) is 0.260. The topological polar surface area (TPSA) is 75.7 Å². The van der Waals surface area contributed by atoms with Crippen LogP contribution in [0.5, 0.6) is 0 Å². The third-order valence-corrected chi connectivity index (χ3v) is 4.48. The lowest BCUT2D eigenvalue weighted by Crippen LogP contribution is -2.41. The first-order valence-electron chi connectivity index (χ1n) is 6.85. The molecule has 20 heavy (non-hydrogen) atoms. The molecule has 0 rings (SSSR count). The molecule has 120 valence electrons. The number of amides is 1. The maximum Gasteiger partial charge on any atom is 0.410 e. The van der Waals surface area contributed by atoms with Crippen molar-refractivity contribution in [2.24, 2.45) is 0 Å². The number of likely N-dealkylation sites (N-methyl/N-ethyl adjacent to an activating group) is 1. The van der Waals surface area contributed by atoms with Crippen molar-refractivity contribution in [1.29, 1.82) is 0 Å². The van der Waals surface area contributed by atoms with E-state index in [1.807, 2.05) is 27.7 Å². The fraction of sp³-hybridized carbons (Fsp3) is 0.923. The van der Waals surface area contributed by atoms with Crippen LogP contribution in [0.3, 0.4) is 0 Å². The minimum atomic E-state index is -2.98. The maximum atomic E-state index is 11.7. The van der Waals surface area contributed by atoms with Gasteiger partial charge in [-0.25, -0.2) is 13.2 Å². The first kappa shape index (κ1) is 19.2. The normalized spacial score (nSPS) is 13.9. The number of sulfone groups is 1. The Kier molecular flexibility index (Phi) is 7.51. The molecule has 0 aromatic rings. The summed E-state index contributed by atoms with van der Waals surface area (Å²) in [4.78, 5) is 13.2. The molecule has 1 N–H and O–H groups in total. The molecule has 0 spiro atoms. The second-order valence-electron chi connectivity index (χ2n) is 5.96. The van der Waals surface area contributed by atoms with Crippen LogP contribution in [0.2, 0.25) is 0 Å². The van der Waals surface area contributed by atoms with Crippen molar-refractivity contribution in [2.45, 2.75) is 46.3 Å². The number of ether oxygens (including phenoxy) is 1. The zero-order valence-corrected chi connectivity index (χ0v) is 14.2. The van der Waals surface area contributed by atoms with E-state index >= 15 is 0 Å². The summed E-state index contributed by atoms with van der Waals surface area (Å²) >= 11 is 0. The van der Waals surface area contributed by atoms with Gasteiger partial charge in [-0.15, -0.1) is 0 Å². The van der Waals surface area contributed by atoms with Crippen LogP contribution < -0.4 is 5.32 Å². The number of hydrogen-bond donors (Lipinski definition) is 1. The van der Waals surface area contributed by atoms with E-state index in [1.165, 1.54) is 4.90 Å². The zero-order chi connectivity index (χ0) is 16.0. The van der Waals surface area contributed by atoms with E-state index < -0.39 is 15.4 Å². The molecule has 1 unspecified atom stereocenters. The summed E-state index contributed by atoms with van der Waals surface area (Å²) in [7, 11) is -1.32. The Bertz CT molecular complexity index is 401. The quantitative estimate of drug-likeness (QED) is 0.766. The number of carbonyl (C=O) groups excluding carboxylic acids is 1. The fourth-order valence-electron chi connectivity index (χ4n) is 1.47. The van der Waals surface area contributed by atoms with E-state index in [1.54, 1.807) is 14.0 Å². The van der Waals surface area contributed by atoms with Crippen LogP contribution in [0.4, 0.5) is 4.79 Å². The Labute approximate surface area is 122 Å². The highest BCUT2D eigenvalue weighted by atomic mass is 32.2. The van der Waals surface area contributed by atoms with E-state index in [4.69, 9.17) is 4.74 Å². The number of carbonyl (C=O) groups is 1. The molecule has 6 nitrogen and oxygen atoms in total. The lowest BCUT2D eigenvalue weighted by atomic mass is 10.2. The van der Waals surface area contributed by atoms with Crippen molar-refractivity contribution >= 4 is 15.9 Å². The largest absolute Gasteiger partial charge is 0.444 e. The first-order chi connectivity index (χ1) is 8.97. The average molecular weight is 308 g/mol. The molecule has 0 aliphatic carbocycles. The van der Waals surface area contributed by atoms with E-state index in [0.29, 0.717) is 13.1 Å². The second-order valence-corrected chi connectivity index (χ2v) is 8.35. The first-order valence-corrected chi connectivity index (χ1v) is 8.67. The van der Waals surface area contributed by atoms with Crippen molar-refractivity contribution in [3.63, 3.8) is 0 Å². The molecule has 0 aromatic carbocycles. The Morgan fingerprint density at radius 1 is 1.35 bits per heavy atom. The van der Waals surface area contributed by atoms with E-state index in [9.17, 15) is 13.2 Å². The summed E-state index contributed by atoms with van der Waals surface area (Å²) < 4.78 is 28.1. The molecule has 0 aliphatic rings. The Hall–Kier alpha value is -0.820. The van der Waals surface area contributed by atoms with E-state index in [-0.39, 0.29) is 23.6 Å². The fourth-order valence-corrected chi connectivity index (χ4v) is 2.58. The Balaban J connectivity index is 4.03. The van der Waals surface area contributed by atoms with Crippen molar-refractivity contribution < 1.29 is 17.9 Å². The third kappa shape index (κ3) is 9.14. The average Bonchev–Trinajstić information content (AvgIpc) is 2.25. The smallest absolute Gasteiger partial charge is 0.410 e. The predicted octanol–water partition coefficient (Wildman–Crippen LogP) is 1.27. The minimum absolute atomic E-state index is 0.111. The van der Waals surface area contributed by atoms with Crippen molar-refractivity contribution in [3.05, 3.63) is 0 Å². The molecule has 0 aromatic heterocycles. The molecule has 0 fully saturated rings. The third-order valence-electron chi connectivity index (χ3n) is 2.59. The highest BCUT2D eigenvalue weighted by Crippen LogP contribution is 2.08. The monoisotopic (exact) mass is 308 g/mol. The van der Waals surface area contributed by atoms with Crippen LogP contribution in [0.15, 0.2) is 0 Å². The summed E-state index contributed by atoms with van der Waals surface area (Å²) in [5, 5.41) is 3.09. The molecule has 0 radical (unpaired) electrons. The molecule has 0 saturated carbocycles. The number of nitrogens with zero attached hydrogens (tertiary/aromatic N) is 1. The van der Waals surface area contributed by atoms with Gasteiger partial charge in [0.05, 0.1) is 5.75 Å². The summed E-state index contributed by atoms with van der Waals surface area (Å²) in [6.45, 7) is 9.89. The van der Waals surface area contributed by atoms with Gasteiger partial charge < -0.3 is 15.0 Å². The highest BCUT2D eigenvalue weighted by Gasteiger charge is 2.19. The van der Waals surface area contributed by atoms with E-state index in [2.05, 4.69) is 5.32 Å². The van der Waals surface area contributed by atoms with Crippen LogP contribution in [0.25, 0.3) is 0 Å². The van der Waals surface area contributed by atoms with Crippen LogP contribution >= 0.6 is 0 Å². The van der Waals surface area contributed by atoms with Gasteiger partial charge in [-0.2, -0.15) is 0 Å². The van der Waals surface area contributed by atoms with E-state index in [0.717, 1.165) is 0 Å². The van der Waals surface area contributed by atoms with Crippen molar-refractivity contribution in [2.75, 3.05) is 31.6 Å². The zero-order valence-electron chi connectivity index (χ0n) is 13.4. The molecule has 0 aliphatic heterocycles. The molecule has 7 heteroatoms. The van der Waals surface area contributed by atoms with Gasteiger partial charge in [0.15, 0.2) is 9.84 Å². The molecular formula is C13H28N2O4S. The van der Waals surface area contributed by atoms with Gasteiger partial charge in [0, 0.05) is 31.9 Å². The molecule has 0 saturated heterocycles. The predicted molar refractivity (Wildman–Crippen MR) is 80.7 cm³/mol. The van der Waals surface area contributed by atoms with Crippen molar-refractivity contribution in [3.8, 4) is 0 Å². The van der Waals surface area contributed by atoms with Gasteiger partial charge in [0.1, 0.15) is 5.60 Å². The Morgan fingerprint density at radius 2 is 1.90 bits per heavy atom. The van der Waals surface area contributed by atoms with Gasteiger partial charge >= 0.3 is 6.09 Å². The highest BCUT2D eigenvalue weighted by molar-refractivity contribution is 7.91. The number of hydrogen-bond acceptors (Lipinski definition) is 5. The van der Waals surface area contributed by atoms with Crippen LogP contribution in [-0.4, -0.2) is 62.7 Å². The lowest BCUT2D eigenvalue weighted by Gasteiger charge is -2.25. The molecule has 0 bridgehead atoms. The van der Waals surface area contributed by atoms with Gasteiger partial charge in [0.25, 0.3) is 0 Å². The minimum Gasteiger partial charge on any atom is -0.444 e. The molecule has 0 heterocycles. The Morgan fingerprint density at radius 3 is 2.35 bits per heavy atom. The standard InChI is InChI=1S/C13H28N2O4S/c1-7-20(17,18)10-11(2)14-8-9-15(6)12(16)19-13(3,4)5/h11,14H,7-10H2,1-6H3. The maximum absolute atomic E-state index is 11.7. The molecule has 1 atom stereocenters. The van der Waals surface area contributed by atoms with Gasteiger partial charge in [-0.1, -0.05) is 6.92 Å². The van der Waals surface area contributed by atoms with Crippen LogP contribution in [0, 0.1) is 0 Å². The lowest BCUT2D eigenvalue weighted by molar-refractivity contribution is 0.0300. The van der Waals surface area contributed by atoms with Crippen LogP contribution in [-0.2, 0) is 14.6 Å². The second kappa shape index (κ2) is 7.83. The SMILES string of the molecule is CCS(=O)(=O)CC(C)NCCN(C)C(=O)OC(C)(C)C. The van der Waals surface area contributed by atoms with Crippen molar-refractivity contribution in [1.82, 2.24) is 10.2 Å². The van der Waals surface area contributed by atoms with Gasteiger partial charge in [-0.05, 0) is 27.7 Å². The van der Waals surface area contributed by atoms with Gasteiger partial charge in [-0.3, -0.25) is 0 Å². The number of nitrogens with one attached hydrogen (secondary N) is 1. The molecule has 1 amide bonds. The summed E-state index contributed by atoms with van der Waals surface area (Å²) in [6.07, 6.45) is -0.381. The molecular weight excluding hydrogens is 280 g/mol. The number of rotatable bonds is 7. The van der Waals surface area contributed by atoms with Gasteiger partial charge in [0.2, 0.25) is 0 Å².